The summed E-state index contributed by atoms with van der Waals surface area (Å²) < 4.78 is 0. The van der Waals surface area contributed by atoms with Crippen molar-refractivity contribution in [3.8, 4) is 0 Å². The molecular weight excluding hydrogens is 152 g/mol. The Morgan fingerprint density at radius 3 is 2.92 bits per heavy atom. The monoisotopic (exact) mass is 170 g/mol. The third kappa shape index (κ3) is 1.79. The molecule has 0 amide bonds. The molecule has 0 aliphatic carbocycles. The van der Waals surface area contributed by atoms with E-state index in [1.54, 1.807) is 0 Å². The molecule has 3 nitrogen and oxygen atoms in total. The molecule has 0 radical (unpaired) electrons. The fourth-order valence-corrected chi connectivity index (χ4v) is 2.36. The SMILES string of the molecule is OCCN1CCC2CCC(C1)N2. The molecule has 12 heavy (non-hydrogen) atoms. The van der Waals surface area contributed by atoms with Crippen LogP contribution in [0.2, 0.25) is 0 Å². The van der Waals surface area contributed by atoms with Gasteiger partial charge in [0.15, 0.2) is 0 Å². The Labute approximate surface area is 73.8 Å². The zero-order valence-corrected chi connectivity index (χ0v) is 7.50. The van der Waals surface area contributed by atoms with Crippen molar-refractivity contribution in [3.63, 3.8) is 0 Å². The second-order valence-electron chi connectivity index (χ2n) is 3.95. The molecule has 0 saturated carbocycles. The first-order valence-corrected chi connectivity index (χ1v) is 4.98. The van der Waals surface area contributed by atoms with Gasteiger partial charge < -0.3 is 10.4 Å². The fraction of sp³-hybridized carbons (Fsp3) is 1.00. The molecule has 0 aromatic heterocycles. The van der Waals surface area contributed by atoms with Gasteiger partial charge in [0.05, 0.1) is 6.61 Å². The lowest BCUT2D eigenvalue weighted by molar-refractivity contribution is 0.189. The van der Waals surface area contributed by atoms with E-state index in [4.69, 9.17) is 5.11 Å². The highest BCUT2D eigenvalue weighted by atomic mass is 16.3. The number of β-amino-alcohol motifs (C(OH)–C–C–N with tert-alkyl or cyclic N) is 1. The predicted molar refractivity (Wildman–Crippen MR) is 48.1 cm³/mol. The lowest BCUT2D eigenvalue weighted by atomic mass is 10.1. The first-order chi connectivity index (χ1) is 5.88. The van der Waals surface area contributed by atoms with Crippen LogP contribution in [0.4, 0.5) is 0 Å². The fourth-order valence-electron chi connectivity index (χ4n) is 2.36. The third-order valence-corrected chi connectivity index (χ3v) is 3.02. The number of nitrogens with one attached hydrogen (secondary N) is 1. The van der Waals surface area contributed by atoms with Crippen molar-refractivity contribution in [1.82, 2.24) is 10.2 Å². The largest absolute Gasteiger partial charge is 0.395 e. The highest BCUT2D eigenvalue weighted by molar-refractivity contribution is 4.89. The second kappa shape index (κ2) is 3.73. The number of hydrogen-bond donors (Lipinski definition) is 2. The molecule has 0 spiro atoms. The molecule has 2 fully saturated rings. The van der Waals surface area contributed by atoms with Crippen molar-refractivity contribution >= 4 is 0 Å². The Morgan fingerprint density at radius 2 is 2.08 bits per heavy atom. The van der Waals surface area contributed by atoms with E-state index in [1.807, 2.05) is 0 Å². The molecule has 2 bridgehead atoms. The summed E-state index contributed by atoms with van der Waals surface area (Å²) in [4.78, 5) is 2.37. The molecule has 0 aromatic rings. The Morgan fingerprint density at radius 1 is 1.25 bits per heavy atom. The van der Waals surface area contributed by atoms with Gasteiger partial charge in [-0.05, 0) is 25.8 Å². The number of aliphatic hydroxyl groups excluding tert-OH is 1. The summed E-state index contributed by atoms with van der Waals surface area (Å²) in [5.41, 5.74) is 0. The van der Waals surface area contributed by atoms with Gasteiger partial charge in [-0.1, -0.05) is 0 Å². The highest BCUT2D eigenvalue weighted by Crippen LogP contribution is 2.19. The van der Waals surface area contributed by atoms with Crippen molar-refractivity contribution in [3.05, 3.63) is 0 Å². The van der Waals surface area contributed by atoms with Gasteiger partial charge in [-0.25, -0.2) is 0 Å². The Kier molecular flexibility index (Phi) is 2.63. The lowest BCUT2D eigenvalue weighted by Crippen LogP contribution is -2.36. The van der Waals surface area contributed by atoms with Crippen LogP contribution < -0.4 is 5.32 Å². The van der Waals surface area contributed by atoms with Crippen LogP contribution >= 0.6 is 0 Å². The zero-order chi connectivity index (χ0) is 8.39. The highest BCUT2D eigenvalue weighted by Gasteiger charge is 2.28. The molecule has 3 heteroatoms. The van der Waals surface area contributed by atoms with E-state index in [1.165, 1.54) is 19.3 Å². The molecular formula is C9H18N2O. The van der Waals surface area contributed by atoms with Crippen molar-refractivity contribution in [1.29, 1.82) is 0 Å². The van der Waals surface area contributed by atoms with Crippen LogP contribution in [-0.4, -0.2) is 48.3 Å². The molecule has 0 aromatic carbocycles. The maximum absolute atomic E-state index is 8.82. The van der Waals surface area contributed by atoms with Gasteiger partial charge in [-0.15, -0.1) is 0 Å². The molecule has 2 rings (SSSR count). The van der Waals surface area contributed by atoms with Crippen LogP contribution in [0.3, 0.4) is 0 Å². The summed E-state index contributed by atoms with van der Waals surface area (Å²) in [6.45, 7) is 3.45. The standard InChI is InChI=1S/C9H18N2O/c12-6-5-11-4-3-8-1-2-9(7-11)10-8/h8-10,12H,1-7H2. The van der Waals surface area contributed by atoms with E-state index in [0.717, 1.165) is 25.7 Å². The predicted octanol–water partition coefficient (Wildman–Crippen LogP) is -0.195. The average Bonchev–Trinajstić information content (AvgIpc) is 2.37. The average molecular weight is 170 g/mol. The number of nitrogens with zero attached hydrogens (tertiary/aromatic N) is 1. The van der Waals surface area contributed by atoms with Gasteiger partial charge in [0.1, 0.15) is 0 Å². The maximum Gasteiger partial charge on any atom is 0.0558 e. The van der Waals surface area contributed by atoms with E-state index >= 15 is 0 Å². The second-order valence-corrected chi connectivity index (χ2v) is 3.95. The molecule has 2 heterocycles. The zero-order valence-electron chi connectivity index (χ0n) is 7.50. The van der Waals surface area contributed by atoms with Gasteiger partial charge in [0.2, 0.25) is 0 Å². The van der Waals surface area contributed by atoms with Gasteiger partial charge in [-0.2, -0.15) is 0 Å². The van der Waals surface area contributed by atoms with E-state index in [2.05, 4.69) is 10.2 Å². The van der Waals surface area contributed by atoms with E-state index in [9.17, 15) is 0 Å². The lowest BCUT2D eigenvalue weighted by Gasteiger charge is -2.22. The van der Waals surface area contributed by atoms with Crippen molar-refractivity contribution in [2.45, 2.75) is 31.3 Å². The molecule has 70 valence electrons. The Hall–Kier alpha value is -0.120. The van der Waals surface area contributed by atoms with Crippen LogP contribution in [0.1, 0.15) is 19.3 Å². The van der Waals surface area contributed by atoms with Crippen LogP contribution in [0.25, 0.3) is 0 Å². The van der Waals surface area contributed by atoms with Gasteiger partial charge in [0, 0.05) is 25.2 Å². The number of aliphatic hydroxyl groups is 1. The van der Waals surface area contributed by atoms with Crippen molar-refractivity contribution in [2.75, 3.05) is 26.2 Å². The Bertz CT molecular complexity index is 151. The van der Waals surface area contributed by atoms with E-state index in [0.29, 0.717) is 12.6 Å². The minimum Gasteiger partial charge on any atom is -0.395 e. The number of rotatable bonds is 2. The van der Waals surface area contributed by atoms with Gasteiger partial charge >= 0.3 is 0 Å². The summed E-state index contributed by atoms with van der Waals surface area (Å²) in [5, 5.41) is 12.4. The molecule has 2 aliphatic heterocycles. The van der Waals surface area contributed by atoms with Crippen molar-refractivity contribution in [2.24, 2.45) is 0 Å². The number of likely N-dealkylation sites (tertiary alicyclic amines) is 1. The minimum absolute atomic E-state index is 0.303. The summed E-state index contributed by atoms with van der Waals surface area (Å²) in [7, 11) is 0. The van der Waals surface area contributed by atoms with E-state index in [-0.39, 0.29) is 0 Å². The molecule has 2 atom stereocenters. The summed E-state index contributed by atoms with van der Waals surface area (Å²) in [6.07, 6.45) is 3.95. The molecule has 2 N–H and O–H groups in total. The first-order valence-electron chi connectivity index (χ1n) is 4.98. The van der Waals surface area contributed by atoms with Crippen LogP contribution in [-0.2, 0) is 0 Å². The molecule has 2 unspecified atom stereocenters. The van der Waals surface area contributed by atoms with Crippen LogP contribution in [0.15, 0.2) is 0 Å². The molecule has 2 saturated heterocycles. The van der Waals surface area contributed by atoms with Gasteiger partial charge in [-0.3, -0.25) is 4.90 Å². The normalized spacial score (nSPS) is 36.8. The quantitative estimate of drug-likeness (QED) is 0.603. The number of fused-ring (bicyclic) bond motifs is 2. The molecule has 2 aliphatic rings. The van der Waals surface area contributed by atoms with Crippen LogP contribution in [0.5, 0.6) is 0 Å². The summed E-state index contributed by atoms with van der Waals surface area (Å²) in [5.74, 6) is 0. The van der Waals surface area contributed by atoms with E-state index < -0.39 is 0 Å². The maximum atomic E-state index is 8.82. The third-order valence-electron chi connectivity index (χ3n) is 3.02. The summed E-state index contributed by atoms with van der Waals surface area (Å²) >= 11 is 0. The minimum atomic E-state index is 0.303. The van der Waals surface area contributed by atoms with Gasteiger partial charge in [0.25, 0.3) is 0 Å². The number of hydrogen-bond acceptors (Lipinski definition) is 3. The first kappa shape index (κ1) is 8.48. The Balaban J connectivity index is 1.87. The van der Waals surface area contributed by atoms with Crippen LogP contribution in [0, 0.1) is 0 Å². The topological polar surface area (TPSA) is 35.5 Å². The summed E-state index contributed by atoms with van der Waals surface area (Å²) in [6, 6.07) is 1.46. The smallest absolute Gasteiger partial charge is 0.0558 e. The van der Waals surface area contributed by atoms with Crippen molar-refractivity contribution < 1.29 is 5.11 Å².